The summed E-state index contributed by atoms with van der Waals surface area (Å²) in [7, 11) is 0. The molecule has 302 valence electrons. The molecule has 8 aromatic rings. The predicted molar refractivity (Wildman–Crippen MR) is 249 cm³/mol. The SMILES string of the molecule is CC(C)(C)c1cc(Nc2ncnc3nc(CS)sc23)c(C(N)=O)[se]1.N#Cc1sc(CS)nc1N.O=c1[nH]cnc2nc(CS)sc12.SCc1nc2ncnc(Cl)c2s1. The molecule has 26 heteroatoms. The Balaban J connectivity index is 0.000000159. The third-order valence-corrected chi connectivity index (χ3v) is 16.8. The van der Waals surface area contributed by atoms with Crippen molar-refractivity contribution in [2.24, 2.45) is 5.73 Å². The van der Waals surface area contributed by atoms with Crippen LogP contribution in [0.3, 0.4) is 0 Å². The van der Waals surface area contributed by atoms with Gasteiger partial charge in [0.25, 0.3) is 5.56 Å². The summed E-state index contributed by atoms with van der Waals surface area (Å²) in [5.41, 5.74) is 13.3. The first-order valence-corrected chi connectivity index (χ1v) is 24.1. The predicted octanol–water partition coefficient (Wildman–Crippen LogP) is 6.72. The summed E-state index contributed by atoms with van der Waals surface area (Å²) in [6.45, 7) is 6.40. The van der Waals surface area contributed by atoms with E-state index in [1.807, 2.05) is 12.1 Å². The van der Waals surface area contributed by atoms with Crippen LogP contribution in [0.25, 0.3) is 31.0 Å². The van der Waals surface area contributed by atoms with E-state index in [1.165, 1.54) is 68.8 Å². The Kier molecular flexibility index (Phi) is 16.3. The third kappa shape index (κ3) is 11.4. The molecule has 16 nitrogen and oxygen atoms in total. The van der Waals surface area contributed by atoms with Crippen molar-refractivity contribution in [3.8, 4) is 6.07 Å². The molecule has 0 aliphatic rings. The fraction of sp³-hybridized carbons (Fsp3) is 0.250. The van der Waals surface area contributed by atoms with E-state index in [4.69, 9.17) is 28.3 Å². The Morgan fingerprint density at radius 1 is 0.845 bits per heavy atom. The number of aromatic nitrogens is 10. The van der Waals surface area contributed by atoms with Crippen molar-refractivity contribution in [3.63, 3.8) is 0 Å². The number of aromatic amines is 1. The zero-order chi connectivity index (χ0) is 42.1. The summed E-state index contributed by atoms with van der Waals surface area (Å²) >= 11 is 27.8. The maximum atomic E-state index is 11.8. The Morgan fingerprint density at radius 2 is 1.38 bits per heavy atom. The Bertz CT molecular complexity index is 2790. The molecule has 0 saturated carbocycles. The first-order valence-electron chi connectivity index (χ1n) is 16.2. The smallest absolute Gasteiger partial charge is 0.270 e. The summed E-state index contributed by atoms with van der Waals surface area (Å²) in [5, 5.41) is 15.6. The number of fused-ring (bicyclic) bond motifs is 3. The van der Waals surface area contributed by atoms with Crippen molar-refractivity contribution < 1.29 is 4.79 Å². The van der Waals surface area contributed by atoms with Gasteiger partial charge in [-0.25, -0.2) is 29.9 Å². The van der Waals surface area contributed by atoms with Gasteiger partial charge in [-0.1, -0.05) is 11.6 Å². The van der Waals surface area contributed by atoms with Crippen LogP contribution in [-0.4, -0.2) is 70.3 Å². The number of thiol groups is 4. The minimum Gasteiger partial charge on any atom is -0.382 e. The first-order chi connectivity index (χ1) is 27.7. The summed E-state index contributed by atoms with van der Waals surface area (Å²) < 4.78 is 4.11. The third-order valence-electron chi connectivity index (χ3n) is 6.96. The number of H-pyrrole nitrogens is 1. The number of hydrogen-bond donors (Lipinski definition) is 8. The maximum Gasteiger partial charge on any atom is 0.270 e. The second-order valence-electron chi connectivity index (χ2n) is 12.1. The molecule has 8 rings (SSSR count). The largest absolute Gasteiger partial charge is 0.382 e. The number of thiazole rings is 4. The Labute approximate surface area is 379 Å². The molecule has 0 unspecified atom stereocenters. The van der Waals surface area contributed by atoms with Gasteiger partial charge < -0.3 is 10.7 Å². The second kappa shape index (κ2) is 20.7. The van der Waals surface area contributed by atoms with E-state index in [9.17, 15) is 9.59 Å². The standard InChI is InChI=1S/C15H17N5OS2Se.C6H4ClN3S2.C6H5N3OS2.C5H5N3S2/c1-15(2,3)8-4-7(11(24-8)12(16)21)19-13-10-14(18-6-17-13)20-9(5-22)23-10;7-5-4-6(9-2-8-5)10-3(1-11)12-4;10-6-4-5(7-2-8-6)9-3(1-11)12-4;6-1-3-5(7)8-4(2-9)10-3/h4,6,22H,5H2,1-3H3,(H2,16,21)(H,17,18,19);2,11H,1H2;2,11H,1H2,(H,7,8,10);9H,2,7H2. The number of nitrogens with one attached hydrogen (secondary N) is 2. The zero-order valence-corrected chi connectivity index (χ0v) is 39.6. The van der Waals surface area contributed by atoms with E-state index in [0.717, 1.165) is 35.1 Å². The van der Waals surface area contributed by atoms with Crippen molar-refractivity contribution in [1.82, 2.24) is 49.8 Å². The summed E-state index contributed by atoms with van der Waals surface area (Å²) in [6, 6.07) is 3.97. The molecule has 0 aromatic carbocycles. The molecule has 0 spiro atoms. The molecule has 0 radical (unpaired) electrons. The van der Waals surface area contributed by atoms with Crippen molar-refractivity contribution in [3.05, 3.63) is 74.3 Å². The van der Waals surface area contributed by atoms with Gasteiger partial charge in [0.1, 0.15) is 41.7 Å². The van der Waals surface area contributed by atoms with Gasteiger partial charge >= 0.3 is 155 Å². The average Bonchev–Trinajstić information content (AvgIpc) is 4.04. The van der Waals surface area contributed by atoms with Gasteiger partial charge in [-0.2, -0.15) is 43.1 Å². The van der Waals surface area contributed by atoms with E-state index in [1.54, 1.807) is 0 Å². The summed E-state index contributed by atoms with van der Waals surface area (Å²) in [4.78, 5) is 62.8. The number of primary amides is 1. The number of nitrogen functional groups attached to an aromatic ring is 1. The molecule has 0 bridgehead atoms. The quantitative estimate of drug-likeness (QED) is 0.0469. The number of halogens is 1. The minimum atomic E-state index is -0.390. The molecule has 0 fully saturated rings. The minimum absolute atomic E-state index is 0.00515. The van der Waals surface area contributed by atoms with Gasteiger partial charge in [-0.15, -0.1) is 34.0 Å². The first kappa shape index (κ1) is 45.7. The normalized spacial score (nSPS) is 10.9. The van der Waals surface area contributed by atoms with Crippen LogP contribution in [0.15, 0.2) is 29.8 Å². The molecule has 0 aliphatic heterocycles. The number of nitrogens with two attached hydrogens (primary N) is 2. The van der Waals surface area contributed by atoms with Gasteiger partial charge in [0.05, 0.1) is 6.33 Å². The molecule has 58 heavy (non-hydrogen) atoms. The van der Waals surface area contributed by atoms with E-state index in [-0.39, 0.29) is 25.5 Å². The molecule has 8 aromatic heterocycles. The topological polar surface area (TPSA) is 254 Å². The van der Waals surface area contributed by atoms with E-state index in [2.05, 4.69) is 126 Å². The molecule has 0 aliphatic carbocycles. The Hall–Kier alpha value is -3.41. The van der Waals surface area contributed by atoms with Gasteiger partial charge in [0.2, 0.25) is 0 Å². The number of carbonyl (C=O) groups is 1. The van der Waals surface area contributed by atoms with Crippen molar-refractivity contribution in [2.45, 2.75) is 49.2 Å². The van der Waals surface area contributed by atoms with Crippen LogP contribution < -0.4 is 22.3 Å². The molecule has 1 amide bonds. The van der Waals surface area contributed by atoms with E-state index in [0.29, 0.717) is 70.8 Å². The van der Waals surface area contributed by atoms with Crippen molar-refractivity contribution >= 4 is 176 Å². The number of amides is 1. The zero-order valence-electron chi connectivity index (χ0n) is 30.3. The monoisotopic (exact) mass is 1010 g/mol. The molecule has 6 N–H and O–H groups in total. The maximum absolute atomic E-state index is 11.8. The number of carbonyl (C=O) groups excluding carboxylic acids is 1. The van der Waals surface area contributed by atoms with Gasteiger partial charge in [0.15, 0.2) is 22.3 Å². The summed E-state index contributed by atoms with van der Waals surface area (Å²) in [5.74, 6) is 2.80. The molecule has 8 heterocycles. The Morgan fingerprint density at radius 3 is 1.88 bits per heavy atom. The fourth-order valence-electron chi connectivity index (χ4n) is 4.36. The van der Waals surface area contributed by atoms with Crippen LogP contribution in [0.2, 0.25) is 5.15 Å². The van der Waals surface area contributed by atoms with Crippen LogP contribution in [0.5, 0.6) is 0 Å². The van der Waals surface area contributed by atoms with Gasteiger partial charge in [-0.05, 0) is 0 Å². The van der Waals surface area contributed by atoms with E-state index >= 15 is 0 Å². The van der Waals surface area contributed by atoms with E-state index < -0.39 is 5.91 Å². The van der Waals surface area contributed by atoms with Crippen LogP contribution in [-0.2, 0) is 28.4 Å². The van der Waals surface area contributed by atoms with Crippen LogP contribution in [0, 0.1) is 11.3 Å². The second-order valence-corrected chi connectivity index (χ2v) is 20.2. The molecule has 0 atom stereocenters. The number of rotatable bonds is 7. The van der Waals surface area contributed by atoms with Crippen LogP contribution >= 0.6 is 107 Å². The molecule has 0 saturated heterocycles. The van der Waals surface area contributed by atoms with Crippen molar-refractivity contribution in [2.75, 3.05) is 11.1 Å². The fourth-order valence-corrected chi connectivity index (χ4v) is 10.8. The van der Waals surface area contributed by atoms with Crippen LogP contribution in [0.1, 0.15) is 59.3 Å². The number of anilines is 3. The number of nitrogens with zero attached hydrogens (tertiary/aromatic N) is 10. The summed E-state index contributed by atoms with van der Waals surface area (Å²) in [6.07, 6.45) is 4.23. The molecular weight excluding hydrogens is 983 g/mol. The molecular formula is C32H31ClN14O2S8Se. The number of hydrogen-bond acceptors (Lipinski definition) is 22. The van der Waals surface area contributed by atoms with Crippen molar-refractivity contribution in [1.29, 1.82) is 5.26 Å². The number of nitriles is 1. The average molecular weight is 1010 g/mol. The van der Waals surface area contributed by atoms with Gasteiger partial charge in [-0.3, -0.25) is 4.79 Å². The van der Waals surface area contributed by atoms with Gasteiger partial charge in [0, 0.05) is 17.3 Å². The van der Waals surface area contributed by atoms with Crippen LogP contribution in [0.4, 0.5) is 17.3 Å².